The molecule has 0 bridgehead atoms. The van der Waals surface area contributed by atoms with Gasteiger partial charge >= 0.3 is 0 Å². The van der Waals surface area contributed by atoms with E-state index in [1.54, 1.807) is 6.26 Å². The zero-order chi connectivity index (χ0) is 17.7. The van der Waals surface area contributed by atoms with Crippen LogP contribution in [0.4, 0.5) is 0 Å². The maximum absolute atomic E-state index is 6.32. The Morgan fingerprint density at radius 1 is 1.12 bits per heavy atom. The van der Waals surface area contributed by atoms with Crippen molar-refractivity contribution in [2.24, 2.45) is 5.10 Å². The molecule has 2 aromatic carbocycles. The molecule has 2 aliphatic rings. The average molecular weight is 365 g/mol. The van der Waals surface area contributed by atoms with E-state index in [-0.39, 0.29) is 12.3 Å². The van der Waals surface area contributed by atoms with Gasteiger partial charge in [-0.1, -0.05) is 41.4 Å². The van der Waals surface area contributed by atoms with Gasteiger partial charge in [0.1, 0.15) is 17.2 Å². The highest BCUT2D eigenvalue weighted by molar-refractivity contribution is 6.30. The number of rotatable bonds is 2. The third kappa shape index (κ3) is 2.49. The standard InChI is InChI=1S/C21H17ClN2O2/c1-13-4-6-14(7-5-13)21-24-18(12-17(23-24)20-3-2-10-25-20)16-11-15(22)8-9-19(16)26-21/h2-11,18,21H,12H2,1H3/t18-,21+/m0/s1. The maximum atomic E-state index is 6.32. The van der Waals surface area contributed by atoms with Crippen molar-refractivity contribution in [3.05, 3.63) is 88.3 Å². The molecule has 0 N–H and O–H groups in total. The number of hydrogen-bond donors (Lipinski definition) is 0. The lowest BCUT2D eigenvalue weighted by Crippen LogP contribution is -2.33. The lowest BCUT2D eigenvalue weighted by molar-refractivity contribution is -0.0190. The molecular weight excluding hydrogens is 348 g/mol. The van der Waals surface area contributed by atoms with Crippen LogP contribution in [0.5, 0.6) is 5.75 Å². The van der Waals surface area contributed by atoms with Gasteiger partial charge in [0, 0.05) is 22.6 Å². The summed E-state index contributed by atoms with van der Waals surface area (Å²) in [4.78, 5) is 0. The van der Waals surface area contributed by atoms with E-state index < -0.39 is 0 Å². The van der Waals surface area contributed by atoms with Crippen LogP contribution in [0.25, 0.3) is 0 Å². The highest BCUT2D eigenvalue weighted by atomic mass is 35.5. The molecule has 5 heteroatoms. The van der Waals surface area contributed by atoms with Gasteiger partial charge in [0.2, 0.25) is 6.23 Å². The molecule has 0 amide bonds. The maximum Gasteiger partial charge on any atom is 0.213 e. The first-order chi connectivity index (χ1) is 12.7. The lowest BCUT2D eigenvalue weighted by Gasteiger charge is -2.38. The Hall–Kier alpha value is -2.72. The molecule has 26 heavy (non-hydrogen) atoms. The number of aryl methyl sites for hydroxylation is 1. The quantitative estimate of drug-likeness (QED) is 0.604. The van der Waals surface area contributed by atoms with Gasteiger partial charge in [-0.15, -0.1) is 0 Å². The van der Waals surface area contributed by atoms with Crippen LogP contribution in [0.1, 0.15) is 41.1 Å². The minimum atomic E-state index is -0.276. The summed E-state index contributed by atoms with van der Waals surface area (Å²) < 4.78 is 11.9. The van der Waals surface area contributed by atoms with Crippen LogP contribution in [0.3, 0.4) is 0 Å². The van der Waals surface area contributed by atoms with Gasteiger partial charge in [-0.05, 0) is 37.3 Å². The Balaban J connectivity index is 1.61. The van der Waals surface area contributed by atoms with Gasteiger partial charge in [0.15, 0.2) is 0 Å². The molecule has 0 fully saturated rings. The summed E-state index contributed by atoms with van der Waals surface area (Å²) in [6, 6.07) is 18.1. The van der Waals surface area contributed by atoms with Crippen LogP contribution in [0.15, 0.2) is 70.4 Å². The first kappa shape index (κ1) is 15.5. The zero-order valence-corrected chi connectivity index (χ0v) is 15.0. The number of fused-ring (bicyclic) bond motifs is 3. The summed E-state index contributed by atoms with van der Waals surface area (Å²) in [6.45, 7) is 2.08. The van der Waals surface area contributed by atoms with E-state index in [1.165, 1.54) is 5.56 Å². The molecule has 4 nitrogen and oxygen atoms in total. The van der Waals surface area contributed by atoms with Crippen LogP contribution in [0, 0.1) is 6.92 Å². The molecule has 0 spiro atoms. The Morgan fingerprint density at radius 3 is 2.73 bits per heavy atom. The van der Waals surface area contributed by atoms with Crippen LogP contribution >= 0.6 is 11.6 Å². The molecule has 2 aliphatic heterocycles. The van der Waals surface area contributed by atoms with E-state index in [0.717, 1.165) is 34.8 Å². The third-order valence-corrected chi connectivity index (χ3v) is 5.16. The van der Waals surface area contributed by atoms with Crippen molar-refractivity contribution in [2.45, 2.75) is 25.6 Å². The second kappa shape index (κ2) is 5.92. The Bertz CT molecular complexity index is 980. The summed E-state index contributed by atoms with van der Waals surface area (Å²) in [5.41, 5.74) is 4.28. The fourth-order valence-corrected chi connectivity index (χ4v) is 3.78. The normalized spacial score (nSPS) is 21.0. The number of ether oxygens (including phenoxy) is 1. The van der Waals surface area contributed by atoms with Crippen LogP contribution in [-0.2, 0) is 0 Å². The van der Waals surface area contributed by atoms with E-state index in [1.807, 2.05) is 35.3 Å². The Morgan fingerprint density at radius 2 is 1.96 bits per heavy atom. The molecule has 0 saturated heterocycles. The van der Waals surface area contributed by atoms with Gasteiger partial charge in [0.05, 0.1) is 12.3 Å². The minimum absolute atomic E-state index is 0.0730. The van der Waals surface area contributed by atoms with Crippen LogP contribution in [0.2, 0.25) is 5.02 Å². The summed E-state index contributed by atoms with van der Waals surface area (Å²) in [6.07, 6.45) is 2.15. The fraction of sp³-hybridized carbons (Fsp3) is 0.190. The fourth-order valence-electron chi connectivity index (χ4n) is 3.60. The Labute approximate surface area is 156 Å². The number of furan rings is 1. The van der Waals surface area contributed by atoms with Gasteiger partial charge in [-0.25, -0.2) is 5.01 Å². The summed E-state index contributed by atoms with van der Waals surface area (Å²) in [7, 11) is 0. The molecule has 0 saturated carbocycles. The topological polar surface area (TPSA) is 38.0 Å². The van der Waals surface area contributed by atoms with E-state index in [9.17, 15) is 0 Å². The zero-order valence-electron chi connectivity index (χ0n) is 14.2. The summed E-state index contributed by atoms with van der Waals surface area (Å²) >= 11 is 6.24. The minimum Gasteiger partial charge on any atom is -0.464 e. The van der Waals surface area contributed by atoms with Crippen LogP contribution < -0.4 is 4.74 Å². The summed E-state index contributed by atoms with van der Waals surface area (Å²) in [5, 5.41) is 7.58. The van der Waals surface area contributed by atoms with Crippen molar-refractivity contribution in [1.82, 2.24) is 5.01 Å². The predicted molar refractivity (Wildman–Crippen MR) is 100 cm³/mol. The van der Waals surface area contributed by atoms with Crippen molar-refractivity contribution in [1.29, 1.82) is 0 Å². The molecule has 0 aliphatic carbocycles. The monoisotopic (exact) mass is 364 g/mol. The van der Waals surface area contributed by atoms with Crippen molar-refractivity contribution in [3.63, 3.8) is 0 Å². The molecule has 130 valence electrons. The first-order valence-corrected chi connectivity index (χ1v) is 8.99. The molecule has 2 atom stereocenters. The molecule has 0 unspecified atom stereocenters. The lowest BCUT2D eigenvalue weighted by atomic mass is 9.97. The molecule has 3 heterocycles. The van der Waals surface area contributed by atoms with E-state index in [2.05, 4.69) is 31.2 Å². The second-order valence-corrected chi connectivity index (χ2v) is 7.12. The Kier molecular flexibility index (Phi) is 3.54. The number of hydrogen-bond acceptors (Lipinski definition) is 4. The largest absolute Gasteiger partial charge is 0.464 e. The smallest absolute Gasteiger partial charge is 0.213 e. The van der Waals surface area contributed by atoms with Gasteiger partial charge in [-0.3, -0.25) is 0 Å². The highest BCUT2D eigenvalue weighted by Gasteiger charge is 2.41. The molecule has 0 radical (unpaired) electrons. The van der Waals surface area contributed by atoms with Crippen LogP contribution in [-0.4, -0.2) is 10.7 Å². The number of nitrogens with zero attached hydrogens (tertiary/aromatic N) is 2. The van der Waals surface area contributed by atoms with Gasteiger partial charge in [0.25, 0.3) is 0 Å². The SMILES string of the molecule is Cc1ccc([C@H]2Oc3ccc(Cl)cc3[C@@H]3CC(c4ccco4)=NN23)cc1. The first-order valence-electron chi connectivity index (χ1n) is 8.61. The third-order valence-electron chi connectivity index (χ3n) is 4.92. The highest BCUT2D eigenvalue weighted by Crippen LogP contribution is 2.48. The van der Waals surface area contributed by atoms with Crippen molar-refractivity contribution < 1.29 is 9.15 Å². The second-order valence-electron chi connectivity index (χ2n) is 6.69. The number of hydrazone groups is 1. The predicted octanol–water partition coefficient (Wildman–Crippen LogP) is 5.48. The molecular formula is C21H17ClN2O2. The van der Waals surface area contributed by atoms with Gasteiger partial charge < -0.3 is 9.15 Å². The molecule has 5 rings (SSSR count). The van der Waals surface area contributed by atoms with Crippen molar-refractivity contribution in [2.75, 3.05) is 0 Å². The van der Waals surface area contributed by atoms with Crippen molar-refractivity contribution >= 4 is 17.3 Å². The molecule has 1 aromatic heterocycles. The van der Waals surface area contributed by atoms with E-state index >= 15 is 0 Å². The number of halogens is 1. The molecule has 3 aromatic rings. The van der Waals surface area contributed by atoms with Gasteiger partial charge in [-0.2, -0.15) is 5.10 Å². The summed E-state index contributed by atoms with van der Waals surface area (Å²) in [5.74, 6) is 1.66. The van der Waals surface area contributed by atoms with E-state index in [0.29, 0.717) is 5.02 Å². The van der Waals surface area contributed by atoms with E-state index in [4.69, 9.17) is 25.9 Å². The number of benzene rings is 2. The van der Waals surface area contributed by atoms with Crippen molar-refractivity contribution in [3.8, 4) is 5.75 Å². The average Bonchev–Trinajstić information content (AvgIpc) is 3.32.